The van der Waals surface area contributed by atoms with Crippen molar-refractivity contribution in [3.8, 4) is 5.75 Å². The molecule has 0 aromatic heterocycles. The van der Waals surface area contributed by atoms with E-state index >= 15 is 0 Å². The number of hydroxylamine groups is 1. The molecular weight excluding hydrogens is 333 g/mol. The van der Waals surface area contributed by atoms with Crippen LogP contribution in [-0.2, 0) is 11.4 Å². The Morgan fingerprint density at radius 1 is 0.962 bits per heavy atom. The van der Waals surface area contributed by atoms with Crippen LogP contribution < -0.4 is 10.2 Å². The molecule has 3 aromatic carbocycles. The van der Waals surface area contributed by atoms with Gasteiger partial charge in [0.15, 0.2) is 0 Å². The first kappa shape index (κ1) is 17.6. The lowest BCUT2D eigenvalue weighted by Crippen LogP contribution is -2.27. The average Bonchev–Trinajstić information content (AvgIpc) is 2.68. The number of carbonyl (C=O) groups is 1. The molecule has 2 N–H and O–H groups in total. The van der Waals surface area contributed by atoms with Gasteiger partial charge < -0.3 is 4.74 Å². The van der Waals surface area contributed by atoms with E-state index in [2.05, 4.69) is 0 Å². The molecule has 0 bridgehead atoms. The smallest absolute Gasteiger partial charge is 0.255 e. The maximum Gasteiger partial charge on any atom is 0.255 e. The fourth-order valence-corrected chi connectivity index (χ4v) is 2.77. The zero-order valence-electron chi connectivity index (χ0n) is 13.9. The van der Waals surface area contributed by atoms with Crippen LogP contribution in [0.2, 0.25) is 0 Å². The molecule has 0 radical (unpaired) electrons. The van der Waals surface area contributed by atoms with Crippen molar-refractivity contribution in [3.05, 3.63) is 101 Å². The molecule has 0 aliphatic rings. The normalized spacial score (nSPS) is 11.6. The van der Waals surface area contributed by atoms with Crippen LogP contribution in [-0.4, -0.2) is 11.1 Å². The second kappa shape index (κ2) is 8.27. The number of rotatable bonds is 6. The van der Waals surface area contributed by atoms with Crippen LogP contribution in [0.4, 0.5) is 4.39 Å². The molecule has 0 spiro atoms. The molecule has 1 atom stereocenters. The number of hydrogen-bond donors (Lipinski definition) is 2. The Morgan fingerprint density at radius 3 is 2.38 bits per heavy atom. The zero-order valence-corrected chi connectivity index (χ0v) is 13.9. The lowest BCUT2D eigenvalue weighted by Gasteiger charge is -2.17. The molecule has 0 fully saturated rings. The van der Waals surface area contributed by atoms with Gasteiger partial charge in [-0.15, -0.1) is 0 Å². The quantitative estimate of drug-likeness (QED) is 0.520. The summed E-state index contributed by atoms with van der Waals surface area (Å²) in [6, 6.07) is 22.5. The number of ether oxygens (including phenoxy) is 1. The summed E-state index contributed by atoms with van der Waals surface area (Å²) in [6.45, 7) is 0.0817. The van der Waals surface area contributed by atoms with Crippen molar-refractivity contribution in [2.24, 2.45) is 0 Å². The van der Waals surface area contributed by atoms with E-state index in [1.807, 2.05) is 30.3 Å². The monoisotopic (exact) mass is 351 g/mol. The average molecular weight is 351 g/mol. The summed E-state index contributed by atoms with van der Waals surface area (Å²) in [4.78, 5) is 12.2. The van der Waals surface area contributed by atoms with Crippen molar-refractivity contribution >= 4 is 5.91 Å². The minimum absolute atomic E-state index is 0.0817. The van der Waals surface area contributed by atoms with E-state index in [-0.39, 0.29) is 12.4 Å². The summed E-state index contributed by atoms with van der Waals surface area (Å²) in [5.74, 6) is -1.04. The molecule has 1 amide bonds. The number of amides is 1. The van der Waals surface area contributed by atoms with Crippen LogP contribution in [0.5, 0.6) is 5.75 Å². The van der Waals surface area contributed by atoms with Crippen molar-refractivity contribution in [1.29, 1.82) is 0 Å². The molecule has 0 heterocycles. The molecule has 5 heteroatoms. The van der Waals surface area contributed by atoms with Gasteiger partial charge in [0.1, 0.15) is 18.2 Å². The number of nitrogens with one attached hydrogen (secondary N) is 1. The molecule has 0 aliphatic carbocycles. The van der Waals surface area contributed by atoms with Crippen molar-refractivity contribution in [3.63, 3.8) is 0 Å². The molecule has 0 saturated carbocycles. The first-order valence-electron chi connectivity index (χ1n) is 8.14. The first-order chi connectivity index (χ1) is 12.7. The first-order valence-corrected chi connectivity index (χ1v) is 8.14. The van der Waals surface area contributed by atoms with E-state index in [1.165, 1.54) is 6.07 Å². The van der Waals surface area contributed by atoms with Gasteiger partial charge in [0.05, 0.1) is 5.92 Å². The predicted octanol–water partition coefficient (Wildman–Crippen LogP) is 4.04. The van der Waals surface area contributed by atoms with Gasteiger partial charge >= 0.3 is 0 Å². The maximum absolute atomic E-state index is 13.7. The Morgan fingerprint density at radius 2 is 1.65 bits per heavy atom. The van der Waals surface area contributed by atoms with E-state index in [0.717, 1.165) is 5.56 Å². The number of hydrogen-bond acceptors (Lipinski definition) is 3. The Bertz CT molecular complexity index is 883. The molecule has 26 heavy (non-hydrogen) atoms. The van der Waals surface area contributed by atoms with Crippen molar-refractivity contribution in [2.45, 2.75) is 12.5 Å². The van der Waals surface area contributed by atoms with Gasteiger partial charge in [-0.25, -0.2) is 9.87 Å². The van der Waals surface area contributed by atoms with E-state index in [0.29, 0.717) is 16.9 Å². The number of benzene rings is 3. The van der Waals surface area contributed by atoms with Gasteiger partial charge in [-0.1, -0.05) is 60.7 Å². The van der Waals surface area contributed by atoms with E-state index in [9.17, 15) is 9.18 Å². The summed E-state index contributed by atoms with van der Waals surface area (Å²) < 4.78 is 19.4. The molecule has 3 rings (SSSR count). The topological polar surface area (TPSA) is 58.6 Å². The van der Waals surface area contributed by atoms with Crippen LogP contribution in [0.25, 0.3) is 0 Å². The van der Waals surface area contributed by atoms with Crippen molar-refractivity contribution in [1.82, 2.24) is 5.48 Å². The van der Waals surface area contributed by atoms with Gasteiger partial charge in [0.2, 0.25) is 0 Å². The third kappa shape index (κ3) is 4.07. The SMILES string of the molecule is O=C(NO)C(c1ccccc1)c1cccc(OCc2ccccc2F)c1. The molecule has 4 nitrogen and oxygen atoms in total. The van der Waals surface area contributed by atoms with Crippen LogP contribution in [0.15, 0.2) is 78.9 Å². The second-order valence-corrected chi connectivity index (χ2v) is 5.77. The Hall–Kier alpha value is -3.18. The largest absolute Gasteiger partial charge is 0.489 e. The number of carbonyl (C=O) groups excluding carboxylic acids is 1. The van der Waals surface area contributed by atoms with Crippen LogP contribution >= 0.6 is 0 Å². The van der Waals surface area contributed by atoms with Gasteiger partial charge in [-0.2, -0.15) is 0 Å². The van der Waals surface area contributed by atoms with Gasteiger partial charge in [0.25, 0.3) is 5.91 Å². The van der Waals surface area contributed by atoms with Gasteiger partial charge in [0, 0.05) is 5.56 Å². The molecule has 0 saturated heterocycles. The third-order valence-corrected chi connectivity index (χ3v) is 4.05. The highest BCUT2D eigenvalue weighted by Gasteiger charge is 2.22. The summed E-state index contributed by atoms with van der Waals surface area (Å²) in [7, 11) is 0. The predicted molar refractivity (Wildman–Crippen MR) is 95.4 cm³/mol. The maximum atomic E-state index is 13.7. The molecule has 3 aromatic rings. The lowest BCUT2D eigenvalue weighted by atomic mass is 9.90. The summed E-state index contributed by atoms with van der Waals surface area (Å²) >= 11 is 0. The van der Waals surface area contributed by atoms with Crippen molar-refractivity contribution < 1.29 is 19.1 Å². The van der Waals surface area contributed by atoms with E-state index in [4.69, 9.17) is 9.94 Å². The summed E-state index contributed by atoms with van der Waals surface area (Å²) in [6.07, 6.45) is 0. The summed E-state index contributed by atoms with van der Waals surface area (Å²) in [5, 5.41) is 9.11. The summed E-state index contributed by atoms with van der Waals surface area (Å²) in [5.41, 5.74) is 3.57. The second-order valence-electron chi connectivity index (χ2n) is 5.77. The molecular formula is C21H18FNO3. The Labute approximate surface area is 150 Å². The molecule has 132 valence electrons. The fourth-order valence-electron chi connectivity index (χ4n) is 2.77. The van der Waals surface area contributed by atoms with Gasteiger partial charge in [-0.3, -0.25) is 10.0 Å². The van der Waals surface area contributed by atoms with Gasteiger partial charge in [-0.05, 0) is 29.3 Å². The fraction of sp³-hybridized carbons (Fsp3) is 0.0952. The van der Waals surface area contributed by atoms with Crippen LogP contribution in [0.3, 0.4) is 0 Å². The zero-order chi connectivity index (χ0) is 18.4. The third-order valence-electron chi connectivity index (χ3n) is 4.05. The number of halogens is 1. The highest BCUT2D eigenvalue weighted by Crippen LogP contribution is 2.28. The highest BCUT2D eigenvalue weighted by atomic mass is 19.1. The Balaban J connectivity index is 1.85. The minimum Gasteiger partial charge on any atom is -0.489 e. The van der Waals surface area contributed by atoms with E-state index < -0.39 is 11.8 Å². The standard InChI is InChI=1S/C21H18FNO3/c22-19-12-5-4-9-17(19)14-26-18-11-6-10-16(13-18)20(21(24)23-25)15-7-2-1-3-8-15/h1-13,20,25H,14H2,(H,23,24). The molecule has 1 unspecified atom stereocenters. The lowest BCUT2D eigenvalue weighted by molar-refractivity contribution is -0.129. The molecule has 0 aliphatic heterocycles. The van der Waals surface area contributed by atoms with Crippen LogP contribution in [0, 0.1) is 5.82 Å². The van der Waals surface area contributed by atoms with Crippen molar-refractivity contribution in [2.75, 3.05) is 0 Å². The minimum atomic E-state index is -0.682. The Kier molecular flexibility index (Phi) is 5.61. The van der Waals surface area contributed by atoms with Crippen LogP contribution in [0.1, 0.15) is 22.6 Å². The highest BCUT2D eigenvalue weighted by molar-refractivity contribution is 5.86. The van der Waals surface area contributed by atoms with E-state index in [1.54, 1.807) is 47.9 Å².